The third-order valence-corrected chi connectivity index (χ3v) is 3.75. The molecule has 0 aliphatic carbocycles. The van der Waals surface area contributed by atoms with Crippen LogP contribution in [0.3, 0.4) is 0 Å². The van der Waals surface area contributed by atoms with E-state index in [2.05, 4.69) is 32.4 Å². The standard InChI is InChI=1S/C14H16N6O2S/c1-3-8-20-12(10-4-6-16-7-5-10)18-19-14(20)23-9-11(21)17-13(22)15-2/h3-7H,1,8-9H2,2H3,(H2,15,17,21,22). The molecule has 0 spiro atoms. The molecular weight excluding hydrogens is 316 g/mol. The number of hydrogen-bond donors (Lipinski definition) is 2. The molecule has 0 aliphatic rings. The number of amides is 3. The van der Waals surface area contributed by atoms with E-state index in [0.717, 1.165) is 5.56 Å². The lowest BCUT2D eigenvalue weighted by Crippen LogP contribution is -2.38. The molecule has 120 valence electrons. The van der Waals surface area contributed by atoms with Crippen molar-refractivity contribution in [3.05, 3.63) is 37.2 Å². The lowest BCUT2D eigenvalue weighted by atomic mass is 10.2. The van der Waals surface area contributed by atoms with Gasteiger partial charge in [-0.1, -0.05) is 17.8 Å². The Morgan fingerprint density at radius 1 is 1.35 bits per heavy atom. The van der Waals surface area contributed by atoms with Crippen molar-refractivity contribution in [3.63, 3.8) is 0 Å². The fourth-order valence-electron chi connectivity index (χ4n) is 1.76. The molecule has 0 radical (unpaired) electrons. The number of rotatable bonds is 6. The lowest BCUT2D eigenvalue weighted by Gasteiger charge is -2.07. The normalized spacial score (nSPS) is 10.1. The van der Waals surface area contributed by atoms with E-state index in [4.69, 9.17) is 0 Å². The number of carbonyl (C=O) groups is 2. The van der Waals surface area contributed by atoms with Crippen molar-refractivity contribution in [2.45, 2.75) is 11.7 Å². The summed E-state index contributed by atoms with van der Waals surface area (Å²) in [6.07, 6.45) is 5.07. The van der Waals surface area contributed by atoms with E-state index in [1.54, 1.807) is 18.5 Å². The summed E-state index contributed by atoms with van der Waals surface area (Å²) in [7, 11) is 1.44. The highest BCUT2D eigenvalue weighted by molar-refractivity contribution is 7.99. The number of pyridine rings is 1. The van der Waals surface area contributed by atoms with Gasteiger partial charge in [0.2, 0.25) is 5.91 Å². The summed E-state index contributed by atoms with van der Waals surface area (Å²) in [5.74, 6) is 0.313. The minimum Gasteiger partial charge on any atom is -0.341 e. The topological polar surface area (TPSA) is 102 Å². The van der Waals surface area contributed by atoms with Crippen molar-refractivity contribution in [1.29, 1.82) is 0 Å². The van der Waals surface area contributed by atoms with Gasteiger partial charge in [-0.25, -0.2) is 4.79 Å². The first-order valence-electron chi connectivity index (χ1n) is 6.74. The third-order valence-electron chi connectivity index (χ3n) is 2.78. The highest BCUT2D eigenvalue weighted by atomic mass is 32.2. The Morgan fingerprint density at radius 2 is 2.09 bits per heavy atom. The maximum atomic E-state index is 11.7. The minimum atomic E-state index is -0.541. The molecule has 0 bridgehead atoms. The molecule has 2 rings (SSSR count). The first kappa shape index (κ1) is 16.7. The average Bonchev–Trinajstić information content (AvgIpc) is 2.97. The Kier molecular flexibility index (Phi) is 5.87. The monoisotopic (exact) mass is 332 g/mol. The quantitative estimate of drug-likeness (QED) is 0.606. The zero-order valence-corrected chi connectivity index (χ0v) is 13.3. The van der Waals surface area contributed by atoms with Crippen LogP contribution in [-0.4, -0.2) is 44.5 Å². The number of nitrogens with zero attached hydrogens (tertiary/aromatic N) is 4. The summed E-state index contributed by atoms with van der Waals surface area (Å²) < 4.78 is 1.85. The van der Waals surface area contributed by atoms with Gasteiger partial charge in [-0.2, -0.15) is 0 Å². The molecule has 2 N–H and O–H groups in total. The summed E-state index contributed by atoms with van der Waals surface area (Å²) in [6.45, 7) is 4.23. The molecule has 0 atom stereocenters. The van der Waals surface area contributed by atoms with Gasteiger partial charge >= 0.3 is 6.03 Å². The van der Waals surface area contributed by atoms with Gasteiger partial charge in [0.05, 0.1) is 5.75 Å². The van der Waals surface area contributed by atoms with Crippen LogP contribution in [0.4, 0.5) is 4.79 Å². The molecule has 2 heterocycles. The van der Waals surface area contributed by atoms with Crippen molar-refractivity contribution in [2.24, 2.45) is 0 Å². The Hall–Kier alpha value is -2.68. The van der Waals surface area contributed by atoms with Crippen LogP contribution in [0.15, 0.2) is 42.3 Å². The van der Waals surface area contributed by atoms with Crippen molar-refractivity contribution in [3.8, 4) is 11.4 Å². The molecule has 8 nitrogen and oxygen atoms in total. The smallest absolute Gasteiger partial charge is 0.321 e. The van der Waals surface area contributed by atoms with Crippen LogP contribution in [0.2, 0.25) is 0 Å². The zero-order valence-electron chi connectivity index (χ0n) is 12.5. The summed E-state index contributed by atoms with van der Waals surface area (Å²) in [5.41, 5.74) is 0.871. The minimum absolute atomic E-state index is 0.0546. The largest absolute Gasteiger partial charge is 0.341 e. The maximum Gasteiger partial charge on any atom is 0.321 e. The summed E-state index contributed by atoms with van der Waals surface area (Å²) >= 11 is 1.20. The fourth-order valence-corrected chi connectivity index (χ4v) is 2.51. The SMILES string of the molecule is C=CCn1c(SCC(=O)NC(=O)NC)nnc1-c1ccncc1. The van der Waals surface area contributed by atoms with Crippen LogP contribution < -0.4 is 10.6 Å². The molecule has 2 aromatic heterocycles. The molecule has 0 aromatic carbocycles. The number of carbonyl (C=O) groups excluding carboxylic acids is 2. The van der Waals surface area contributed by atoms with Gasteiger partial charge in [0, 0.05) is 31.5 Å². The second kappa shape index (κ2) is 8.08. The number of hydrogen-bond acceptors (Lipinski definition) is 6. The lowest BCUT2D eigenvalue weighted by molar-refractivity contribution is -0.117. The molecule has 2 aromatic rings. The van der Waals surface area contributed by atoms with Gasteiger partial charge < -0.3 is 5.32 Å². The average molecular weight is 332 g/mol. The highest BCUT2D eigenvalue weighted by Gasteiger charge is 2.15. The van der Waals surface area contributed by atoms with Crippen LogP contribution >= 0.6 is 11.8 Å². The fraction of sp³-hybridized carbons (Fsp3) is 0.214. The van der Waals surface area contributed by atoms with E-state index in [-0.39, 0.29) is 5.75 Å². The van der Waals surface area contributed by atoms with Gasteiger partial charge in [-0.3, -0.25) is 19.7 Å². The molecule has 0 saturated carbocycles. The number of thioether (sulfide) groups is 1. The number of urea groups is 1. The zero-order chi connectivity index (χ0) is 16.7. The maximum absolute atomic E-state index is 11.7. The highest BCUT2D eigenvalue weighted by Crippen LogP contribution is 2.23. The van der Waals surface area contributed by atoms with Crippen LogP contribution in [-0.2, 0) is 11.3 Å². The molecule has 0 saturated heterocycles. The van der Waals surface area contributed by atoms with E-state index >= 15 is 0 Å². The molecule has 3 amide bonds. The van der Waals surface area contributed by atoms with Gasteiger partial charge in [0.15, 0.2) is 11.0 Å². The Bertz CT molecular complexity index is 701. The molecule has 9 heteroatoms. The molecule has 0 fully saturated rings. The van der Waals surface area contributed by atoms with E-state index < -0.39 is 11.9 Å². The van der Waals surface area contributed by atoms with Crippen LogP contribution in [0, 0.1) is 0 Å². The second-order valence-electron chi connectivity index (χ2n) is 4.36. The molecule has 0 aliphatic heterocycles. The van der Waals surface area contributed by atoms with Crippen molar-refractivity contribution in [1.82, 2.24) is 30.4 Å². The summed E-state index contributed by atoms with van der Waals surface area (Å²) in [5, 5.41) is 13.4. The third kappa shape index (κ3) is 4.39. The number of aromatic nitrogens is 4. The Morgan fingerprint density at radius 3 is 2.74 bits per heavy atom. The Labute approximate surface area is 137 Å². The predicted octanol–water partition coefficient (Wildman–Crippen LogP) is 1.07. The number of imide groups is 1. The van der Waals surface area contributed by atoms with Gasteiger partial charge in [0.25, 0.3) is 0 Å². The van der Waals surface area contributed by atoms with Crippen LogP contribution in [0.25, 0.3) is 11.4 Å². The number of nitrogens with one attached hydrogen (secondary N) is 2. The van der Waals surface area contributed by atoms with Crippen molar-refractivity contribution >= 4 is 23.7 Å². The van der Waals surface area contributed by atoms with Crippen molar-refractivity contribution < 1.29 is 9.59 Å². The van der Waals surface area contributed by atoms with E-state index in [1.165, 1.54) is 18.8 Å². The van der Waals surface area contributed by atoms with E-state index in [1.807, 2.05) is 16.7 Å². The van der Waals surface area contributed by atoms with Crippen molar-refractivity contribution in [2.75, 3.05) is 12.8 Å². The summed E-state index contributed by atoms with van der Waals surface area (Å²) in [4.78, 5) is 26.7. The van der Waals surface area contributed by atoms with Gasteiger partial charge in [-0.05, 0) is 12.1 Å². The first-order valence-corrected chi connectivity index (χ1v) is 7.73. The Balaban J connectivity index is 2.13. The van der Waals surface area contributed by atoms with Crippen LogP contribution in [0.1, 0.15) is 0 Å². The molecular formula is C14H16N6O2S. The second-order valence-corrected chi connectivity index (χ2v) is 5.30. The molecule has 23 heavy (non-hydrogen) atoms. The van der Waals surface area contributed by atoms with Gasteiger partial charge in [0.1, 0.15) is 0 Å². The van der Waals surface area contributed by atoms with Crippen LogP contribution in [0.5, 0.6) is 0 Å². The first-order chi connectivity index (χ1) is 11.2. The van der Waals surface area contributed by atoms with E-state index in [9.17, 15) is 9.59 Å². The predicted molar refractivity (Wildman–Crippen MR) is 86.8 cm³/mol. The molecule has 0 unspecified atom stereocenters. The van der Waals surface area contributed by atoms with Gasteiger partial charge in [-0.15, -0.1) is 16.8 Å². The summed E-state index contributed by atoms with van der Waals surface area (Å²) in [6, 6.07) is 3.12. The number of allylic oxidation sites excluding steroid dienone is 1. The van der Waals surface area contributed by atoms with E-state index in [0.29, 0.717) is 17.5 Å².